The molecule has 2 aromatic carbocycles. The number of fused-ring (bicyclic) bond motifs is 2. The first-order valence-electron chi connectivity index (χ1n) is 9.69. The minimum Gasteiger partial charge on any atom is -0.445 e. The number of amides is 1. The minimum absolute atomic E-state index is 0.0510. The van der Waals surface area contributed by atoms with Gasteiger partial charge >= 0.3 is 6.09 Å². The molecule has 2 saturated heterocycles. The Labute approximate surface area is 164 Å². The highest BCUT2D eigenvalue weighted by Crippen LogP contribution is 2.40. The van der Waals surface area contributed by atoms with Crippen molar-refractivity contribution in [3.63, 3.8) is 0 Å². The number of Topliss-reactive ketones (excluding diaryl/α,β-unsaturated/α-hetero) is 1. The zero-order valence-corrected chi connectivity index (χ0v) is 15.6. The number of hydrogen-bond acceptors (Lipinski definition) is 4. The molecule has 5 heteroatoms. The lowest BCUT2D eigenvalue weighted by Crippen LogP contribution is -2.48. The predicted octanol–water partition coefficient (Wildman–Crippen LogP) is 4.32. The van der Waals surface area contributed by atoms with E-state index in [9.17, 15) is 9.59 Å². The van der Waals surface area contributed by atoms with E-state index in [2.05, 4.69) is 6.07 Å². The molecule has 0 aliphatic carbocycles. The summed E-state index contributed by atoms with van der Waals surface area (Å²) in [4.78, 5) is 27.4. The molecule has 2 unspecified atom stereocenters. The fourth-order valence-corrected chi connectivity index (χ4v) is 4.46. The quantitative estimate of drug-likeness (QED) is 0.747. The number of ketones is 1. The zero-order valence-electron chi connectivity index (χ0n) is 15.6. The van der Waals surface area contributed by atoms with Crippen molar-refractivity contribution in [1.82, 2.24) is 4.90 Å². The van der Waals surface area contributed by atoms with Crippen LogP contribution in [0.4, 0.5) is 4.79 Å². The number of ether oxygens (including phenoxy) is 1. The molecule has 28 heavy (non-hydrogen) atoms. The van der Waals surface area contributed by atoms with Crippen molar-refractivity contribution in [2.75, 3.05) is 0 Å². The summed E-state index contributed by atoms with van der Waals surface area (Å²) < 4.78 is 5.53. The third-order valence-corrected chi connectivity index (χ3v) is 5.80. The van der Waals surface area contributed by atoms with Crippen LogP contribution in [0.3, 0.4) is 0 Å². The van der Waals surface area contributed by atoms with E-state index in [0.29, 0.717) is 24.0 Å². The van der Waals surface area contributed by atoms with Crippen molar-refractivity contribution in [3.05, 3.63) is 71.3 Å². The third kappa shape index (κ3) is 3.63. The number of benzene rings is 2. The fourth-order valence-electron chi connectivity index (χ4n) is 4.46. The largest absolute Gasteiger partial charge is 0.445 e. The molecule has 0 saturated carbocycles. The normalized spacial score (nSPS) is 23.1. The molecule has 2 bridgehead atoms. The van der Waals surface area contributed by atoms with Crippen LogP contribution in [0.2, 0.25) is 0 Å². The number of nitrogens with zero attached hydrogens (tertiary/aromatic N) is 2. The Morgan fingerprint density at radius 1 is 1.04 bits per heavy atom. The number of hydrogen-bond donors (Lipinski definition) is 0. The van der Waals surface area contributed by atoms with Gasteiger partial charge in [-0.1, -0.05) is 42.5 Å². The second kappa shape index (κ2) is 7.85. The molecule has 2 aromatic rings. The average molecular weight is 374 g/mol. The molecule has 0 aromatic heterocycles. The second-order valence-corrected chi connectivity index (χ2v) is 7.56. The monoisotopic (exact) mass is 374 g/mol. The first-order chi connectivity index (χ1) is 13.7. The summed E-state index contributed by atoms with van der Waals surface area (Å²) >= 11 is 0. The third-order valence-electron chi connectivity index (χ3n) is 5.80. The molecule has 2 atom stereocenters. The standard InChI is InChI=1S/C23H22N2O3/c24-14-17-7-4-8-18(11-17)22(26)19-12-20-9-10-21(13-19)25(20)23(27)28-15-16-5-2-1-3-6-16/h1-8,11,19-21H,9-10,12-13,15H2. The van der Waals surface area contributed by atoms with E-state index in [1.54, 1.807) is 24.3 Å². The lowest BCUT2D eigenvalue weighted by Gasteiger charge is -2.37. The van der Waals surface area contributed by atoms with Crippen LogP contribution in [0.1, 0.15) is 47.2 Å². The molecular weight excluding hydrogens is 352 g/mol. The van der Waals surface area contributed by atoms with Crippen molar-refractivity contribution in [3.8, 4) is 6.07 Å². The molecule has 0 spiro atoms. The summed E-state index contributed by atoms with van der Waals surface area (Å²) in [6.07, 6.45) is 2.85. The van der Waals surface area contributed by atoms with Crippen molar-refractivity contribution < 1.29 is 14.3 Å². The van der Waals surface area contributed by atoms with Gasteiger partial charge in [0.1, 0.15) is 6.61 Å². The molecule has 0 radical (unpaired) electrons. The molecule has 2 heterocycles. The molecule has 2 aliphatic rings. The van der Waals surface area contributed by atoms with Crippen LogP contribution in [-0.2, 0) is 11.3 Å². The minimum atomic E-state index is -0.284. The summed E-state index contributed by atoms with van der Waals surface area (Å²) in [7, 11) is 0. The Balaban J connectivity index is 1.40. The van der Waals surface area contributed by atoms with Gasteiger partial charge in [-0.25, -0.2) is 4.79 Å². The smallest absolute Gasteiger partial charge is 0.410 e. The van der Waals surface area contributed by atoms with Crippen LogP contribution in [0.15, 0.2) is 54.6 Å². The molecule has 5 nitrogen and oxygen atoms in total. The Morgan fingerprint density at radius 3 is 2.43 bits per heavy atom. The predicted molar refractivity (Wildman–Crippen MR) is 103 cm³/mol. The first-order valence-corrected chi connectivity index (χ1v) is 9.69. The second-order valence-electron chi connectivity index (χ2n) is 7.56. The van der Waals surface area contributed by atoms with E-state index in [1.165, 1.54) is 0 Å². The van der Waals surface area contributed by atoms with E-state index in [4.69, 9.17) is 10.00 Å². The topological polar surface area (TPSA) is 70.4 Å². The van der Waals surface area contributed by atoms with Crippen LogP contribution >= 0.6 is 0 Å². The lowest BCUT2D eigenvalue weighted by atomic mass is 9.84. The Bertz CT molecular complexity index is 905. The van der Waals surface area contributed by atoms with Crippen molar-refractivity contribution in [2.24, 2.45) is 5.92 Å². The maximum Gasteiger partial charge on any atom is 0.410 e. The highest BCUT2D eigenvalue weighted by atomic mass is 16.6. The Hall–Kier alpha value is -3.13. The fraction of sp³-hybridized carbons (Fsp3) is 0.348. The van der Waals surface area contributed by atoms with Gasteiger partial charge in [0.25, 0.3) is 0 Å². The summed E-state index contributed by atoms with van der Waals surface area (Å²) in [5.41, 5.74) is 2.05. The zero-order chi connectivity index (χ0) is 19.5. The van der Waals surface area contributed by atoms with E-state index >= 15 is 0 Å². The Kier molecular flexibility index (Phi) is 5.12. The van der Waals surface area contributed by atoms with Crippen LogP contribution in [-0.4, -0.2) is 28.9 Å². The Morgan fingerprint density at radius 2 is 1.75 bits per heavy atom. The van der Waals surface area contributed by atoms with Crippen LogP contribution < -0.4 is 0 Å². The van der Waals surface area contributed by atoms with Crippen LogP contribution in [0, 0.1) is 17.2 Å². The van der Waals surface area contributed by atoms with E-state index in [0.717, 1.165) is 18.4 Å². The number of nitriles is 1. The van der Waals surface area contributed by atoms with Gasteiger partial charge in [-0.3, -0.25) is 4.79 Å². The van der Waals surface area contributed by atoms with Gasteiger partial charge in [-0.15, -0.1) is 0 Å². The van der Waals surface area contributed by atoms with Gasteiger partial charge in [-0.05, 0) is 43.4 Å². The molecule has 4 rings (SSSR count). The molecular formula is C23H22N2O3. The van der Waals surface area contributed by atoms with E-state index < -0.39 is 0 Å². The summed E-state index contributed by atoms with van der Waals surface area (Å²) in [5.74, 6) is -0.0316. The summed E-state index contributed by atoms with van der Waals surface area (Å²) in [5, 5.41) is 9.06. The van der Waals surface area contributed by atoms with Gasteiger partial charge < -0.3 is 9.64 Å². The van der Waals surface area contributed by atoms with Gasteiger partial charge in [0, 0.05) is 23.6 Å². The van der Waals surface area contributed by atoms with Gasteiger partial charge in [0.15, 0.2) is 5.78 Å². The first kappa shape index (κ1) is 18.2. The van der Waals surface area contributed by atoms with Crippen LogP contribution in [0.25, 0.3) is 0 Å². The molecule has 1 amide bonds. The highest BCUT2D eigenvalue weighted by Gasteiger charge is 2.45. The molecule has 2 aliphatic heterocycles. The van der Waals surface area contributed by atoms with Gasteiger partial charge in [0.2, 0.25) is 0 Å². The maximum absolute atomic E-state index is 12.9. The molecule has 0 N–H and O–H groups in total. The lowest BCUT2D eigenvalue weighted by molar-refractivity contribution is 0.0485. The van der Waals surface area contributed by atoms with Crippen molar-refractivity contribution in [1.29, 1.82) is 5.26 Å². The SMILES string of the molecule is N#Cc1cccc(C(=O)C2CC3CCC(C2)N3C(=O)OCc2ccccc2)c1. The van der Waals surface area contributed by atoms with Crippen LogP contribution in [0.5, 0.6) is 0 Å². The van der Waals surface area contributed by atoms with E-state index in [-0.39, 0.29) is 36.5 Å². The maximum atomic E-state index is 12.9. The number of carbonyl (C=O) groups is 2. The molecule has 142 valence electrons. The number of carbonyl (C=O) groups excluding carboxylic acids is 2. The summed E-state index contributed by atoms with van der Waals surface area (Å²) in [6.45, 7) is 0.263. The van der Waals surface area contributed by atoms with Gasteiger partial charge in [0.05, 0.1) is 11.6 Å². The number of rotatable bonds is 4. The average Bonchev–Trinajstić information content (AvgIpc) is 3.01. The van der Waals surface area contributed by atoms with Crippen molar-refractivity contribution in [2.45, 2.75) is 44.4 Å². The summed E-state index contributed by atoms with van der Waals surface area (Å²) in [6, 6.07) is 18.7. The van der Waals surface area contributed by atoms with Crippen molar-refractivity contribution >= 4 is 11.9 Å². The number of piperidine rings is 1. The van der Waals surface area contributed by atoms with Gasteiger partial charge in [-0.2, -0.15) is 5.26 Å². The van der Waals surface area contributed by atoms with E-state index in [1.807, 2.05) is 35.2 Å². The molecule has 2 fully saturated rings. The highest BCUT2D eigenvalue weighted by molar-refractivity contribution is 5.98.